The number of ether oxygens (including phenoxy) is 2. The van der Waals surface area contributed by atoms with E-state index in [2.05, 4.69) is 13.5 Å². The lowest BCUT2D eigenvalue weighted by Gasteiger charge is -2.12. The van der Waals surface area contributed by atoms with Crippen LogP contribution in [0.1, 0.15) is 33.6 Å². The van der Waals surface area contributed by atoms with Crippen molar-refractivity contribution in [2.45, 2.75) is 33.6 Å². The number of allylic oxidation sites excluding steroid dienone is 2. The van der Waals surface area contributed by atoms with Crippen LogP contribution in [0, 0.1) is 5.92 Å². The normalized spacial score (nSPS) is 26.1. The fourth-order valence-electron chi connectivity index (χ4n) is 2.89. The summed E-state index contributed by atoms with van der Waals surface area (Å²) in [5.74, 6) is 0.132. The van der Waals surface area contributed by atoms with E-state index in [1.807, 2.05) is 13.8 Å². The molecule has 3 heteroatoms. The van der Waals surface area contributed by atoms with Gasteiger partial charge in [0, 0.05) is 11.5 Å². The van der Waals surface area contributed by atoms with Gasteiger partial charge < -0.3 is 9.47 Å². The van der Waals surface area contributed by atoms with Gasteiger partial charge in [0.05, 0.1) is 19.8 Å². The first-order chi connectivity index (χ1) is 9.06. The number of esters is 1. The van der Waals surface area contributed by atoms with Crippen molar-refractivity contribution in [2.75, 3.05) is 19.8 Å². The first-order valence-corrected chi connectivity index (χ1v) is 6.88. The molecule has 1 heterocycles. The highest BCUT2D eigenvalue weighted by atomic mass is 16.5. The Kier molecular flexibility index (Phi) is 4.25. The van der Waals surface area contributed by atoms with Crippen LogP contribution in [-0.2, 0) is 14.3 Å². The Morgan fingerprint density at radius 3 is 2.89 bits per heavy atom. The van der Waals surface area contributed by atoms with Crippen LogP contribution in [0.2, 0.25) is 0 Å². The molecular weight excluding hydrogens is 240 g/mol. The van der Waals surface area contributed by atoms with Crippen LogP contribution in [0.5, 0.6) is 0 Å². The molecule has 1 saturated heterocycles. The van der Waals surface area contributed by atoms with Crippen LogP contribution in [-0.4, -0.2) is 25.8 Å². The number of carbonyl (C=O) groups excluding carboxylic acids is 1. The molecule has 1 fully saturated rings. The van der Waals surface area contributed by atoms with Crippen molar-refractivity contribution in [3.8, 4) is 0 Å². The molecule has 0 bridgehead atoms. The van der Waals surface area contributed by atoms with E-state index in [1.165, 1.54) is 16.7 Å². The average molecular weight is 262 g/mol. The Balaban J connectivity index is 2.41. The van der Waals surface area contributed by atoms with Gasteiger partial charge in [-0.2, -0.15) is 0 Å². The van der Waals surface area contributed by atoms with Gasteiger partial charge in [0.1, 0.15) is 0 Å². The minimum Gasteiger partial charge on any atom is -0.463 e. The zero-order valence-electron chi connectivity index (χ0n) is 12.0. The molecular formula is C16H22O3. The Bertz CT molecular complexity index is 468. The maximum atomic E-state index is 11.9. The maximum Gasteiger partial charge on any atom is 0.333 e. The minimum atomic E-state index is -0.208. The summed E-state index contributed by atoms with van der Waals surface area (Å²) in [6.45, 7) is 11.8. The minimum absolute atomic E-state index is 0.208. The molecule has 2 rings (SSSR count). The van der Waals surface area contributed by atoms with Gasteiger partial charge in [0.15, 0.2) is 0 Å². The Labute approximate surface area is 115 Å². The van der Waals surface area contributed by atoms with Gasteiger partial charge in [-0.3, -0.25) is 0 Å². The second kappa shape index (κ2) is 5.74. The molecule has 0 spiro atoms. The van der Waals surface area contributed by atoms with Crippen LogP contribution in [0.4, 0.5) is 0 Å². The quantitative estimate of drug-likeness (QED) is 0.435. The standard InChI is InChI=1S/C16H22O3/c1-5-19-16(17)12(4)13-7-6-10(2)14-8-18-9-15(14)11(13)3/h14H,2,5-9H2,1,3-4H3/b13-12-/t14-/m1/s1. The third kappa shape index (κ3) is 2.66. The number of hydrogen-bond donors (Lipinski definition) is 0. The van der Waals surface area contributed by atoms with Gasteiger partial charge in [-0.15, -0.1) is 0 Å². The summed E-state index contributed by atoms with van der Waals surface area (Å²) in [6.07, 6.45) is 1.79. The summed E-state index contributed by atoms with van der Waals surface area (Å²) < 4.78 is 10.7. The number of fused-ring (bicyclic) bond motifs is 1. The average Bonchev–Trinajstić information content (AvgIpc) is 2.83. The highest BCUT2D eigenvalue weighted by molar-refractivity contribution is 5.89. The predicted octanol–water partition coefficient (Wildman–Crippen LogP) is 3.18. The lowest BCUT2D eigenvalue weighted by molar-refractivity contribution is -0.138. The summed E-state index contributed by atoms with van der Waals surface area (Å²) in [7, 11) is 0. The highest BCUT2D eigenvalue weighted by Crippen LogP contribution is 2.39. The van der Waals surface area contributed by atoms with Gasteiger partial charge in [0.2, 0.25) is 0 Å². The molecule has 0 N–H and O–H groups in total. The van der Waals surface area contributed by atoms with E-state index in [4.69, 9.17) is 9.47 Å². The summed E-state index contributed by atoms with van der Waals surface area (Å²) in [5, 5.41) is 0. The third-order valence-electron chi connectivity index (χ3n) is 4.12. The van der Waals surface area contributed by atoms with E-state index in [9.17, 15) is 4.79 Å². The monoisotopic (exact) mass is 262 g/mol. The maximum absolute atomic E-state index is 11.9. The summed E-state index contributed by atoms with van der Waals surface area (Å²) >= 11 is 0. The zero-order chi connectivity index (χ0) is 14.0. The molecule has 0 aromatic rings. The van der Waals surface area contributed by atoms with E-state index < -0.39 is 0 Å². The van der Waals surface area contributed by atoms with E-state index in [-0.39, 0.29) is 5.97 Å². The van der Waals surface area contributed by atoms with E-state index in [0.29, 0.717) is 19.1 Å². The van der Waals surface area contributed by atoms with Crippen LogP contribution < -0.4 is 0 Å². The highest BCUT2D eigenvalue weighted by Gasteiger charge is 2.30. The van der Waals surface area contributed by atoms with Crippen molar-refractivity contribution < 1.29 is 14.3 Å². The molecule has 0 aromatic carbocycles. The molecule has 0 aromatic heterocycles. The molecule has 0 radical (unpaired) electrons. The predicted molar refractivity (Wildman–Crippen MR) is 74.7 cm³/mol. The smallest absolute Gasteiger partial charge is 0.333 e. The topological polar surface area (TPSA) is 35.5 Å². The van der Waals surface area contributed by atoms with Crippen molar-refractivity contribution in [1.82, 2.24) is 0 Å². The Morgan fingerprint density at radius 2 is 2.21 bits per heavy atom. The van der Waals surface area contributed by atoms with Crippen molar-refractivity contribution >= 4 is 5.97 Å². The van der Waals surface area contributed by atoms with Crippen molar-refractivity contribution in [3.05, 3.63) is 34.4 Å². The molecule has 1 atom stereocenters. The van der Waals surface area contributed by atoms with E-state index in [0.717, 1.165) is 30.6 Å². The molecule has 1 aliphatic carbocycles. The molecule has 3 nitrogen and oxygen atoms in total. The molecule has 0 unspecified atom stereocenters. The van der Waals surface area contributed by atoms with Crippen molar-refractivity contribution in [2.24, 2.45) is 5.92 Å². The Hall–Kier alpha value is -1.35. The first-order valence-electron chi connectivity index (χ1n) is 6.88. The first kappa shape index (κ1) is 14.1. The van der Waals surface area contributed by atoms with Crippen molar-refractivity contribution in [3.63, 3.8) is 0 Å². The van der Waals surface area contributed by atoms with Crippen molar-refractivity contribution in [1.29, 1.82) is 0 Å². The largest absolute Gasteiger partial charge is 0.463 e. The third-order valence-corrected chi connectivity index (χ3v) is 4.12. The SMILES string of the molecule is C=C1CC/C(=C(\C)C(=O)OCC)C(C)=C2COC[C@H]12. The van der Waals surface area contributed by atoms with Gasteiger partial charge in [-0.1, -0.05) is 12.2 Å². The molecule has 19 heavy (non-hydrogen) atoms. The molecule has 0 saturated carbocycles. The lowest BCUT2D eigenvalue weighted by atomic mass is 9.92. The van der Waals surface area contributed by atoms with Gasteiger partial charge in [0.25, 0.3) is 0 Å². The fraction of sp³-hybridized carbons (Fsp3) is 0.562. The van der Waals surface area contributed by atoms with Gasteiger partial charge in [-0.25, -0.2) is 4.79 Å². The Morgan fingerprint density at radius 1 is 1.47 bits per heavy atom. The molecule has 1 aliphatic heterocycles. The summed E-state index contributed by atoms with van der Waals surface area (Å²) in [5.41, 5.74) is 5.56. The van der Waals surface area contributed by atoms with Crippen LogP contribution in [0.25, 0.3) is 0 Å². The van der Waals surface area contributed by atoms with Gasteiger partial charge >= 0.3 is 5.97 Å². The molecule has 0 amide bonds. The van der Waals surface area contributed by atoms with Crippen LogP contribution in [0.3, 0.4) is 0 Å². The van der Waals surface area contributed by atoms with Crippen LogP contribution in [0.15, 0.2) is 34.4 Å². The van der Waals surface area contributed by atoms with Crippen LogP contribution >= 0.6 is 0 Å². The van der Waals surface area contributed by atoms with E-state index in [1.54, 1.807) is 0 Å². The molecule has 104 valence electrons. The fourth-order valence-corrected chi connectivity index (χ4v) is 2.89. The van der Waals surface area contributed by atoms with Gasteiger partial charge in [-0.05, 0) is 50.3 Å². The number of hydrogen-bond acceptors (Lipinski definition) is 3. The summed E-state index contributed by atoms with van der Waals surface area (Å²) in [6, 6.07) is 0. The number of rotatable bonds is 2. The lowest BCUT2D eigenvalue weighted by Crippen LogP contribution is -2.09. The van der Waals surface area contributed by atoms with E-state index >= 15 is 0 Å². The molecule has 2 aliphatic rings. The second-order valence-corrected chi connectivity index (χ2v) is 5.20. The summed E-state index contributed by atoms with van der Waals surface area (Å²) in [4.78, 5) is 11.9. The number of carbonyl (C=O) groups is 1. The second-order valence-electron chi connectivity index (χ2n) is 5.20. The zero-order valence-corrected chi connectivity index (χ0v) is 12.0.